The first-order valence-corrected chi connectivity index (χ1v) is 10.2. The lowest BCUT2D eigenvalue weighted by molar-refractivity contribution is -0.160. The van der Waals surface area contributed by atoms with Crippen LogP contribution in [0.5, 0.6) is 0 Å². The summed E-state index contributed by atoms with van der Waals surface area (Å²) in [5.74, 6) is 2.69. The molecule has 0 aromatic heterocycles. The summed E-state index contributed by atoms with van der Waals surface area (Å²) in [6.07, 6.45) is 4.09. The van der Waals surface area contributed by atoms with Crippen LogP contribution in [0.25, 0.3) is 6.08 Å². The number of rotatable bonds is 3. The molecular formula is C22H28BNO4. The maximum absolute atomic E-state index is 12.5. The largest absolute Gasteiger partial charge is 0.628 e. The first-order valence-electron chi connectivity index (χ1n) is 10.2. The molecule has 6 heteroatoms. The van der Waals surface area contributed by atoms with Crippen LogP contribution in [-0.4, -0.2) is 43.1 Å². The van der Waals surface area contributed by atoms with Crippen LogP contribution in [0.15, 0.2) is 36.3 Å². The molecule has 0 amide bonds. The SMILES string of the molecule is C[C@H]1C(N2CC(=O)OB(/C=C/c3ccccc3)OC(=O)C2)C[C@@H]2C[C@H]1C2(C)C. The van der Waals surface area contributed by atoms with Gasteiger partial charge in [0, 0.05) is 6.04 Å². The number of carbonyl (C=O) groups is 2. The second-order valence-electron chi connectivity index (χ2n) is 9.05. The molecule has 1 saturated heterocycles. The maximum Gasteiger partial charge on any atom is 0.628 e. The van der Waals surface area contributed by atoms with Crippen molar-refractivity contribution in [2.75, 3.05) is 13.1 Å². The molecule has 3 saturated carbocycles. The highest BCUT2D eigenvalue weighted by molar-refractivity contribution is 6.55. The van der Waals surface area contributed by atoms with Crippen molar-refractivity contribution >= 4 is 25.1 Å². The van der Waals surface area contributed by atoms with Gasteiger partial charge in [-0.2, -0.15) is 0 Å². The molecule has 0 spiro atoms. The van der Waals surface area contributed by atoms with E-state index in [1.54, 1.807) is 12.1 Å². The molecule has 1 aromatic rings. The topological polar surface area (TPSA) is 55.8 Å². The molecule has 1 unspecified atom stereocenters. The molecule has 2 bridgehead atoms. The fourth-order valence-electron chi connectivity index (χ4n) is 5.42. The Morgan fingerprint density at radius 2 is 1.71 bits per heavy atom. The van der Waals surface area contributed by atoms with E-state index in [1.807, 2.05) is 35.2 Å². The Labute approximate surface area is 167 Å². The third kappa shape index (κ3) is 3.62. The van der Waals surface area contributed by atoms with E-state index in [0.29, 0.717) is 23.2 Å². The fourth-order valence-corrected chi connectivity index (χ4v) is 5.42. The van der Waals surface area contributed by atoms with E-state index in [4.69, 9.17) is 9.31 Å². The van der Waals surface area contributed by atoms with E-state index in [1.165, 1.54) is 6.42 Å². The predicted molar refractivity (Wildman–Crippen MR) is 108 cm³/mol. The summed E-state index contributed by atoms with van der Waals surface area (Å²) in [4.78, 5) is 26.9. The quantitative estimate of drug-likeness (QED) is 0.753. The lowest BCUT2D eigenvalue weighted by atomic mass is 9.44. The third-order valence-electron chi connectivity index (χ3n) is 7.19. The van der Waals surface area contributed by atoms with Crippen LogP contribution in [0.3, 0.4) is 0 Å². The van der Waals surface area contributed by atoms with Gasteiger partial charge in [-0.3, -0.25) is 14.5 Å². The van der Waals surface area contributed by atoms with Crippen LogP contribution in [0.4, 0.5) is 0 Å². The summed E-state index contributed by atoms with van der Waals surface area (Å²) in [6, 6.07) is 9.87. The monoisotopic (exact) mass is 381 g/mol. The van der Waals surface area contributed by atoms with E-state index < -0.39 is 7.12 Å². The van der Waals surface area contributed by atoms with Gasteiger partial charge in [-0.15, -0.1) is 0 Å². The molecule has 4 atom stereocenters. The Morgan fingerprint density at radius 3 is 2.29 bits per heavy atom. The van der Waals surface area contributed by atoms with Gasteiger partial charge in [-0.25, -0.2) is 0 Å². The minimum Gasteiger partial charge on any atom is -0.495 e. The van der Waals surface area contributed by atoms with Gasteiger partial charge >= 0.3 is 19.1 Å². The Morgan fingerprint density at radius 1 is 1.07 bits per heavy atom. The standard InChI is InChI=1S/C22H28BNO4/c1-15-18-11-17(22(18,2)3)12-19(15)24-13-20(25)27-23(28-21(26)14-24)10-9-16-7-5-4-6-8-16/h4-10,15,17-19H,11-14H2,1-3H3/b10-9+/t15-,17+,18-,19?/m1/s1. The summed E-state index contributed by atoms with van der Waals surface area (Å²) in [7, 11) is -0.974. The summed E-state index contributed by atoms with van der Waals surface area (Å²) in [5.41, 5.74) is 1.32. The Hall–Kier alpha value is -2.08. The Kier molecular flexibility index (Phi) is 5.08. The molecule has 148 valence electrons. The van der Waals surface area contributed by atoms with E-state index in [9.17, 15) is 9.59 Å². The van der Waals surface area contributed by atoms with Crippen LogP contribution in [0.2, 0.25) is 0 Å². The van der Waals surface area contributed by atoms with Crippen LogP contribution >= 0.6 is 0 Å². The van der Waals surface area contributed by atoms with E-state index in [-0.39, 0.29) is 31.1 Å². The molecule has 1 heterocycles. The first kappa shape index (κ1) is 19.3. The van der Waals surface area contributed by atoms with Crippen molar-refractivity contribution in [2.24, 2.45) is 23.2 Å². The summed E-state index contributed by atoms with van der Waals surface area (Å²) in [5, 5.41) is 0. The van der Waals surface area contributed by atoms with Crippen molar-refractivity contribution < 1.29 is 18.9 Å². The van der Waals surface area contributed by atoms with E-state index in [0.717, 1.165) is 12.0 Å². The number of nitrogens with zero attached hydrogens (tertiary/aromatic N) is 1. The molecule has 3 aliphatic carbocycles. The smallest absolute Gasteiger partial charge is 0.495 e. The predicted octanol–water partition coefficient (Wildman–Crippen LogP) is 3.20. The molecule has 5 rings (SSSR count). The highest BCUT2D eigenvalue weighted by Gasteiger charge is 2.57. The highest BCUT2D eigenvalue weighted by atomic mass is 16.6. The van der Waals surface area contributed by atoms with Gasteiger partial charge in [0.05, 0.1) is 13.1 Å². The zero-order valence-corrected chi connectivity index (χ0v) is 16.8. The average molecular weight is 381 g/mol. The number of fused-ring (bicyclic) bond motifs is 2. The van der Waals surface area contributed by atoms with Crippen molar-refractivity contribution in [2.45, 2.75) is 39.7 Å². The van der Waals surface area contributed by atoms with Crippen molar-refractivity contribution in [3.8, 4) is 0 Å². The normalized spacial score (nSPS) is 32.9. The summed E-state index contributed by atoms with van der Waals surface area (Å²) in [6.45, 7) is 7.23. The van der Waals surface area contributed by atoms with Crippen LogP contribution in [0, 0.1) is 23.2 Å². The average Bonchev–Trinajstić information content (AvgIpc) is 2.64. The lowest BCUT2D eigenvalue weighted by Crippen LogP contribution is -2.62. The fraction of sp³-hybridized carbons (Fsp3) is 0.545. The number of hydrogen-bond acceptors (Lipinski definition) is 5. The number of hydrogen-bond donors (Lipinski definition) is 0. The molecule has 1 aliphatic heterocycles. The van der Waals surface area contributed by atoms with Gasteiger partial charge in [-0.05, 0) is 47.5 Å². The van der Waals surface area contributed by atoms with Crippen molar-refractivity contribution in [1.29, 1.82) is 0 Å². The lowest BCUT2D eigenvalue weighted by Gasteiger charge is -2.63. The second-order valence-corrected chi connectivity index (χ2v) is 9.05. The van der Waals surface area contributed by atoms with E-state index >= 15 is 0 Å². The molecule has 0 radical (unpaired) electrons. The second kappa shape index (κ2) is 7.39. The van der Waals surface area contributed by atoms with Crippen molar-refractivity contribution in [1.82, 2.24) is 4.90 Å². The van der Waals surface area contributed by atoms with Crippen molar-refractivity contribution in [3.63, 3.8) is 0 Å². The van der Waals surface area contributed by atoms with Crippen molar-refractivity contribution in [3.05, 3.63) is 41.9 Å². The number of carbonyl (C=O) groups excluding carboxylic acids is 2. The highest BCUT2D eigenvalue weighted by Crippen LogP contribution is 2.61. The maximum atomic E-state index is 12.5. The first-order chi connectivity index (χ1) is 13.3. The Balaban J connectivity index is 1.42. The van der Waals surface area contributed by atoms with Gasteiger partial charge in [0.25, 0.3) is 0 Å². The van der Waals surface area contributed by atoms with Crippen LogP contribution < -0.4 is 0 Å². The molecule has 0 N–H and O–H groups in total. The molecule has 1 aromatic carbocycles. The minimum atomic E-state index is -0.974. The van der Waals surface area contributed by atoms with Crippen LogP contribution in [0.1, 0.15) is 39.2 Å². The van der Waals surface area contributed by atoms with Gasteiger partial charge in [0.15, 0.2) is 0 Å². The minimum absolute atomic E-state index is 0.139. The van der Waals surface area contributed by atoms with Crippen LogP contribution in [-0.2, 0) is 18.9 Å². The number of benzene rings is 1. The van der Waals surface area contributed by atoms with E-state index in [2.05, 4.69) is 20.8 Å². The Bertz CT molecular complexity index is 758. The zero-order valence-electron chi connectivity index (χ0n) is 16.8. The summed E-state index contributed by atoms with van der Waals surface area (Å²) < 4.78 is 10.8. The molecule has 4 aliphatic rings. The molecule has 5 nitrogen and oxygen atoms in total. The third-order valence-corrected chi connectivity index (χ3v) is 7.19. The van der Waals surface area contributed by atoms with Gasteiger partial charge in [0.1, 0.15) is 0 Å². The zero-order chi connectivity index (χ0) is 19.9. The van der Waals surface area contributed by atoms with Gasteiger partial charge in [-0.1, -0.05) is 57.2 Å². The van der Waals surface area contributed by atoms with Gasteiger partial charge < -0.3 is 9.31 Å². The van der Waals surface area contributed by atoms with Gasteiger partial charge in [0.2, 0.25) is 0 Å². The molecule has 28 heavy (non-hydrogen) atoms. The molecule has 4 fully saturated rings. The summed E-state index contributed by atoms with van der Waals surface area (Å²) >= 11 is 0. The molecular weight excluding hydrogens is 353 g/mol.